The first-order valence-corrected chi connectivity index (χ1v) is 8.85. The Labute approximate surface area is 155 Å². The van der Waals surface area contributed by atoms with E-state index in [2.05, 4.69) is 37.9 Å². The van der Waals surface area contributed by atoms with Gasteiger partial charge in [-0.1, -0.05) is 40.2 Å². The molecule has 5 nitrogen and oxygen atoms in total. The van der Waals surface area contributed by atoms with Gasteiger partial charge < -0.3 is 14.6 Å². The lowest BCUT2D eigenvalue weighted by Crippen LogP contribution is -2.31. The van der Waals surface area contributed by atoms with E-state index in [1.807, 2.05) is 43.3 Å². The third-order valence-electron chi connectivity index (χ3n) is 3.95. The Hall–Kier alpha value is -2.18. The van der Waals surface area contributed by atoms with Crippen LogP contribution in [0.2, 0.25) is 0 Å². The second-order valence-corrected chi connectivity index (χ2v) is 6.81. The van der Waals surface area contributed by atoms with Crippen LogP contribution in [0, 0.1) is 0 Å². The van der Waals surface area contributed by atoms with Gasteiger partial charge in [-0.3, -0.25) is 4.79 Å². The second-order valence-electron chi connectivity index (χ2n) is 5.90. The first-order valence-electron chi connectivity index (χ1n) is 8.06. The molecule has 1 N–H and O–H groups in total. The van der Waals surface area contributed by atoms with Gasteiger partial charge in [-0.05, 0) is 36.8 Å². The number of nitrogens with one attached hydrogen (secondary N) is 1. The van der Waals surface area contributed by atoms with E-state index in [9.17, 15) is 4.79 Å². The summed E-state index contributed by atoms with van der Waals surface area (Å²) in [6, 6.07) is 16.0. The summed E-state index contributed by atoms with van der Waals surface area (Å²) in [5, 5.41) is 2.94. The summed E-state index contributed by atoms with van der Waals surface area (Å²) in [6.45, 7) is 2.65. The van der Waals surface area contributed by atoms with Crippen molar-refractivity contribution >= 4 is 32.9 Å². The molecule has 1 heterocycles. The summed E-state index contributed by atoms with van der Waals surface area (Å²) in [6.07, 6.45) is 0. The maximum absolute atomic E-state index is 11.9. The van der Waals surface area contributed by atoms with Crippen LogP contribution < -0.4 is 5.32 Å². The minimum atomic E-state index is -0.220. The Kier molecular flexibility index (Phi) is 5.50. The monoisotopic (exact) mass is 401 g/mol. The third-order valence-corrected chi connectivity index (χ3v) is 4.45. The minimum absolute atomic E-state index is 0.0379. The van der Waals surface area contributed by atoms with Crippen molar-refractivity contribution in [2.75, 3.05) is 13.7 Å². The molecule has 1 aromatic heterocycles. The molecule has 25 heavy (non-hydrogen) atoms. The number of para-hydroxylation sites is 2. The molecule has 3 aromatic rings. The van der Waals surface area contributed by atoms with E-state index in [0.717, 1.165) is 26.9 Å². The number of aromatic nitrogens is 2. The molecule has 0 radical (unpaired) electrons. The van der Waals surface area contributed by atoms with Crippen LogP contribution in [0.3, 0.4) is 0 Å². The van der Waals surface area contributed by atoms with Gasteiger partial charge in [-0.2, -0.15) is 0 Å². The molecule has 0 spiro atoms. The average Bonchev–Trinajstić information content (AvgIpc) is 2.94. The quantitative estimate of drug-likeness (QED) is 0.685. The first kappa shape index (κ1) is 17.6. The van der Waals surface area contributed by atoms with Gasteiger partial charge in [0.15, 0.2) is 0 Å². The topological polar surface area (TPSA) is 56.1 Å². The van der Waals surface area contributed by atoms with Gasteiger partial charge in [0.25, 0.3) is 0 Å². The predicted octanol–water partition coefficient (Wildman–Crippen LogP) is 3.67. The van der Waals surface area contributed by atoms with E-state index in [1.54, 1.807) is 0 Å². The van der Waals surface area contributed by atoms with Crippen molar-refractivity contribution in [3.63, 3.8) is 0 Å². The summed E-state index contributed by atoms with van der Waals surface area (Å²) in [5.74, 6) is 0.668. The number of benzene rings is 2. The highest BCUT2D eigenvalue weighted by atomic mass is 79.9. The highest BCUT2D eigenvalue weighted by molar-refractivity contribution is 9.10. The molecule has 3 rings (SSSR count). The molecule has 1 atom stereocenters. The lowest BCUT2D eigenvalue weighted by atomic mass is 10.2. The molecule has 0 aliphatic heterocycles. The number of ether oxygens (including phenoxy) is 1. The molecule has 130 valence electrons. The largest absolute Gasteiger partial charge is 0.375 e. The van der Waals surface area contributed by atoms with Crippen LogP contribution in [0.5, 0.6) is 0 Å². The van der Waals surface area contributed by atoms with Crippen LogP contribution >= 0.6 is 15.9 Å². The summed E-state index contributed by atoms with van der Waals surface area (Å²) in [5.41, 5.74) is 3.12. The number of halogens is 1. The number of fused-ring (bicyclic) bond motifs is 1. The zero-order valence-corrected chi connectivity index (χ0v) is 15.8. The van der Waals surface area contributed by atoms with Crippen molar-refractivity contribution in [1.82, 2.24) is 14.9 Å². The molecular weight excluding hydrogens is 382 g/mol. The molecule has 0 saturated carbocycles. The van der Waals surface area contributed by atoms with Crippen LogP contribution in [-0.2, 0) is 16.1 Å². The molecule has 1 amide bonds. The number of hydrogen-bond acceptors (Lipinski definition) is 3. The van der Waals surface area contributed by atoms with Crippen LogP contribution in [0.15, 0.2) is 53.0 Å². The van der Waals surface area contributed by atoms with Gasteiger partial charge in [-0.25, -0.2) is 4.98 Å². The summed E-state index contributed by atoms with van der Waals surface area (Å²) < 4.78 is 8.08. The van der Waals surface area contributed by atoms with Gasteiger partial charge in [-0.15, -0.1) is 0 Å². The van der Waals surface area contributed by atoms with Gasteiger partial charge in [0.2, 0.25) is 5.91 Å². The average molecular weight is 402 g/mol. The summed E-state index contributed by atoms with van der Waals surface area (Å²) >= 11 is 3.52. The number of imidazole rings is 1. The zero-order chi connectivity index (χ0) is 17.8. The Morgan fingerprint density at radius 3 is 2.84 bits per heavy atom. The third kappa shape index (κ3) is 4.08. The summed E-state index contributed by atoms with van der Waals surface area (Å²) in [4.78, 5) is 16.6. The predicted molar refractivity (Wildman–Crippen MR) is 101 cm³/mol. The fraction of sp³-hybridized carbons (Fsp3) is 0.263. The van der Waals surface area contributed by atoms with Gasteiger partial charge in [0, 0.05) is 18.1 Å². The van der Waals surface area contributed by atoms with E-state index in [4.69, 9.17) is 9.72 Å². The number of hydrogen-bond donors (Lipinski definition) is 1. The van der Waals surface area contributed by atoms with Crippen molar-refractivity contribution in [3.8, 4) is 0 Å². The Bertz CT molecular complexity index is 891. The zero-order valence-electron chi connectivity index (χ0n) is 14.2. The molecule has 0 aliphatic rings. The number of rotatable bonds is 6. The van der Waals surface area contributed by atoms with Crippen molar-refractivity contribution in [2.24, 2.45) is 0 Å². The molecule has 0 saturated heterocycles. The number of carbonyl (C=O) groups is 1. The number of carbonyl (C=O) groups excluding carboxylic acids is 1. The highest BCUT2D eigenvalue weighted by Crippen LogP contribution is 2.23. The fourth-order valence-electron chi connectivity index (χ4n) is 2.89. The van der Waals surface area contributed by atoms with Crippen LogP contribution in [0.1, 0.15) is 24.4 Å². The lowest BCUT2D eigenvalue weighted by molar-refractivity contribution is -0.125. The van der Waals surface area contributed by atoms with E-state index < -0.39 is 0 Å². The Balaban J connectivity index is 1.98. The number of amides is 1. The minimum Gasteiger partial charge on any atom is -0.375 e. The van der Waals surface area contributed by atoms with Crippen molar-refractivity contribution in [3.05, 3.63) is 64.4 Å². The summed E-state index contributed by atoms with van der Waals surface area (Å²) in [7, 11) is 1.51. The molecule has 0 aliphatic carbocycles. The van der Waals surface area contributed by atoms with Crippen molar-refractivity contribution in [2.45, 2.75) is 19.5 Å². The number of nitrogens with zero attached hydrogens (tertiary/aromatic N) is 2. The standard InChI is InChI=1S/C19H20BrN3O2/c1-13(21-18(24)12-25-2)19-22-16-8-3-4-9-17(16)23(19)11-14-6-5-7-15(20)10-14/h3-10,13H,11-12H2,1-2H3,(H,21,24). The van der Waals surface area contributed by atoms with Crippen molar-refractivity contribution < 1.29 is 9.53 Å². The molecule has 0 fully saturated rings. The molecule has 0 bridgehead atoms. The van der Waals surface area contributed by atoms with E-state index in [0.29, 0.717) is 6.54 Å². The number of methoxy groups -OCH3 is 1. The smallest absolute Gasteiger partial charge is 0.246 e. The van der Waals surface area contributed by atoms with Crippen LogP contribution in [0.4, 0.5) is 0 Å². The lowest BCUT2D eigenvalue weighted by Gasteiger charge is -2.16. The first-order chi connectivity index (χ1) is 12.1. The van der Waals surface area contributed by atoms with Gasteiger partial charge in [0.1, 0.15) is 12.4 Å². The normalized spacial score (nSPS) is 12.3. The second kappa shape index (κ2) is 7.80. The van der Waals surface area contributed by atoms with Gasteiger partial charge in [0.05, 0.1) is 17.1 Å². The molecular formula is C19H20BrN3O2. The van der Waals surface area contributed by atoms with Gasteiger partial charge >= 0.3 is 0 Å². The molecule has 2 aromatic carbocycles. The SMILES string of the molecule is COCC(=O)NC(C)c1nc2ccccc2n1Cc1cccc(Br)c1. The van der Waals surface area contributed by atoms with E-state index in [-0.39, 0.29) is 18.6 Å². The van der Waals surface area contributed by atoms with E-state index in [1.165, 1.54) is 7.11 Å². The maximum atomic E-state index is 11.9. The molecule has 6 heteroatoms. The Morgan fingerprint density at radius 2 is 2.08 bits per heavy atom. The van der Waals surface area contributed by atoms with Crippen LogP contribution in [-0.4, -0.2) is 29.2 Å². The highest BCUT2D eigenvalue weighted by Gasteiger charge is 2.18. The van der Waals surface area contributed by atoms with Crippen molar-refractivity contribution in [1.29, 1.82) is 0 Å². The maximum Gasteiger partial charge on any atom is 0.246 e. The van der Waals surface area contributed by atoms with E-state index >= 15 is 0 Å². The molecule has 1 unspecified atom stereocenters. The van der Waals surface area contributed by atoms with Crippen LogP contribution in [0.25, 0.3) is 11.0 Å². The fourth-order valence-corrected chi connectivity index (χ4v) is 3.33. The Morgan fingerprint density at radius 1 is 1.28 bits per heavy atom.